The molecule has 0 fully saturated rings. The molecule has 0 bridgehead atoms. The van der Waals surface area contributed by atoms with Crippen LogP contribution in [0.1, 0.15) is 34.2 Å². The predicted molar refractivity (Wildman–Crippen MR) is 67.9 cm³/mol. The number of nitrogens with one attached hydrogen (secondary N) is 1. The van der Waals surface area contributed by atoms with Gasteiger partial charge in [-0.2, -0.15) is 0 Å². The molecule has 18 heavy (non-hydrogen) atoms. The lowest BCUT2D eigenvalue weighted by atomic mass is 10.2. The molecule has 0 saturated heterocycles. The smallest absolute Gasteiger partial charge is 0.341 e. The van der Waals surface area contributed by atoms with E-state index in [2.05, 4.69) is 20.3 Å². The summed E-state index contributed by atoms with van der Waals surface area (Å²) in [6, 6.07) is -0.0996. The highest BCUT2D eigenvalue weighted by Crippen LogP contribution is 2.21. The van der Waals surface area contributed by atoms with Crippen LogP contribution in [-0.4, -0.2) is 26.0 Å². The molecule has 0 saturated carbocycles. The van der Waals surface area contributed by atoms with E-state index in [4.69, 9.17) is 5.11 Å². The van der Waals surface area contributed by atoms with E-state index in [9.17, 15) is 4.79 Å². The number of aromatic nitrogens is 3. The number of anilines is 1. The van der Waals surface area contributed by atoms with Gasteiger partial charge in [0.25, 0.3) is 0 Å². The maximum atomic E-state index is 11.1. The molecule has 6 nitrogen and oxygen atoms in total. The van der Waals surface area contributed by atoms with Gasteiger partial charge in [0, 0.05) is 17.8 Å². The molecule has 0 aliphatic carbocycles. The number of carbonyl (C=O) groups is 1. The van der Waals surface area contributed by atoms with Gasteiger partial charge in [-0.25, -0.2) is 19.7 Å². The average Bonchev–Trinajstić information content (AvgIpc) is 2.81. The van der Waals surface area contributed by atoms with E-state index in [-0.39, 0.29) is 11.6 Å². The number of aryl methyl sites for hydroxylation is 1. The summed E-state index contributed by atoms with van der Waals surface area (Å²) < 4.78 is 0. The molecule has 0 aliphatic heterocycles. The van der Waals surface area contributed by atoms with Crippen molar-refractivity contribution in [2.45, 2.75) is 19.9 Å². The normalized spacial score (nSPS) is 12.1. The second kappa shape index (κ2) is 5.09. The van der Waals surface area contributed by atoms with E-state index in [0.717, 1.165) is 5.01 Å². The topological polar surface area (TPSA) is 88.0 Å². The van der Waals surface area contributed by atoms with Gasteiger partial charge in [-0.1, -0.05) is 0 Å². The van der Waals surface area contributed by atoms with Crippen molar-refractivity contribution in [1.82, 2.24) is 15.0 Å². The van der Waals surface area contributed by atoms with E-state index in [0.29, 0.717) is 11.6 Å². The summed E-state index contributed by atoms with van der Waals surface area (Å²) in [4.78, 5) is 23.2. The highest BCUT2D eigenvalue weighted by molar-refractivity contribution is 7.09. The van der Waals surface area contributed by atoms with Crippen LogP contribution in [0.25, 0.3) is 0 Å². The Hall–Kier alpha value is -2.02. The van der Waals surface area contributed by atoms with Crippen LogP contribution in [0.4, 0.5) is 5.82 Å². The Morgan fingerprint density at radius 2 is 2.28 bits per heavy atom. The first kappa shape index (κ1) is 12.4. The minimum atomic E-state index is -1.05. The Kier molecular flexibility index (Phi) is 3.52. The lowest BCUT2D eigenvalue weighted by molar-refractivity contribution is 0.0697. The SMILES string of the molecule is Cc1ncc(C(=O)O)c(NC(C)c2nccs2)n1. The predicted octanol–water partition coefficient (Wildman–Crippen LogP) is 2.11. The number of carboxylic acid groups (broad SMARTS) is 1. The van der Waals surface area contributed by atoms with Gasteiger partial charge in [-0.15, -0.1) is 11.3 Å². The van der Waals surface area contributed by atoms with Crippen LogP contribution in [0.5, 0.6) is 0 Å². The zero-order valence-corrected chi connectivity index (χ0v) is 10.7. The van der Waals surface area contributed by atoms with Crippen molar-refractivity contribution in [3.63, 3.8) is 0 Å². The molecule has 0 aliphatic rings. The van der Waals surface area contributed by atoms with E-state index >= 15 is 0 Å². The lowest BCUT2D eigenvalue weighted by Crippen LogP contribution is -2.13. The van der Waals surface area contributed by atoms with Crippen molar-refractivity contribution < 1.29 is 9.90 Å². The number of rotatable bonds is 4. The van der Waals surface area contributed by atoms with Crippen molar-refractivity contribution in [3.8, 4) is 0 Å². The molecule has 0 spiro atoms. The molecule has 0 aromatic carbocycles. The summed E-state index contributed by atoms with van der Waals surface area (Å²) in [6.45, 7) is 3.62. The van der Waals surface area contributed by atoms with Crippen molar-refractivity contribution >= 4 is 23.1 Å². The third kappa shape index (κ3) is 2.62. The molecule has 0 amide bonds. The highest BCUT2D eigenvalue weighted by atomic mass is 32.1. The van der Waals surface area contributed by atoms with E-state index in [1.807, 2.05) is 12.3 Å². The Balaban J connectivity index is 2.28. The zero-order chi connectivity index (χ0) is 13.1. The van der Waals surface area contributed by atoms with Crippen LogP contribution in [0.3, 0.4) is 0 Å². The number of thiazole rings is 1. The first-order valence-corrected chi connectivity index (χ1v) is 6.18. The summed E-state index contributed by atoms with van der Waals surface area (Å²) >= 11 is 1.50. The van der Waals surface area contributed by atoms with Gasteiger partial charge < -0.3 is 10.4 Å². The van der Waals surface area contributed by atoms with E-state index in [1.165, 1.54) is 17.5 Å². The quantitative estimate of drug-likeness (QED) is 0.879. The molecule has 1 unspecified atom stereocenters. The molecule has 1 atom stereocenters. The number of nitrogens with zero attached hydrogens (tertiary/aromatic N) is 3. The van der Waals surface area contributed by atoms with Crippen LogP contribution < -0.4 is 5.32 Å². The van der Waals surface area contributed by atoms with E-state index in [1.54, 1.807) is 13.1 Å². The number of hydrogen-bond donors (Lipinski definition) is 2. The molecule has 0 radical (unpaired) electrons. The van der Waals surface area contributed by atoms with Crippen LogP contribution in [0, 0.1) is 6.92 Å². The first-order chi connectivity index (χ1) is 8.58. The largest absolute Gasteiger partial charge is 0.477 e. The van der Waals surface area contributed by atoms with Gasteiger partial charge in [0.15, 0.2) is 0 Å². The van der Waals surface area contributed by atoms with Crippen LogP contribution in [-0.2, 0) is 0 Å². The Morgan fingerprint density at radius 1 is 1.50 bits per heavy atom. The molecule has 2 heterocycles. The molecular weight excluding hydrogens is 252 g/mol. The minimum Gasteiger partial charge on any atom is -0.477 e. The fourth-order valence-corrected chi connectivity index (χ4v) is 2.10. The zero-order valence-electron chi connectivity index (χ0n) is 9.91. The van der Waals surface area contributed by atoms with Gasteiger partial charge in [0.2, 0.25) is 0 Å². The van der Waals surface area contributed by atoms with Crippen molar-refractivity contribution in [2.24, 2.45) is 0 Å². The van der Waals surface area contributed by atoms with Crippen LogP contribution in [0.2, 0.25) is 0 Å². The molecule has 2 N–H and O–H groups in total. The fraction of sp³-hybridized carbons (Fsp3) is 0.273. The summed E-state index contributed by atoms with van der Waals surface area (Å²) in [5, 5.41) is 14.9. The van der Waals surface area contributed by atoms with Gasteiger partial charge >= 0.3 is 5.97 Å². The molecular formula is C11H12N4O2S. The third-order valence-corrected chi connectivity index (χ3v) is 3.27. The summed E-state index contributed by atoms with van der Waals surface area (Å²) in [5.41, 5.74) is 0.0593. The maximum absolute atomic E-state index is 11.1. The standard InChI is InChI=1S/C11H12N4O2S/c1-6(10-12-3-4-18-10)14-9-8(11(16)17)5-13-7(2)15-9/h3-6H,1-2H3,(H,16,17)(H,13,14,15). The Bertz CT molecular complexity index is 556. The van der Waals surface area contributed by atoms with Gasteiger partial charge in [-0.05, 0) is 13.8 Å². The molecule has 2 rings (SSSR count). The van der Waals surface area contributed by atoms with Gasteiger partial charge in [-0.3, -0.25) is 0 Å². The molecule has 2 aromatic heterocycles. The Labute approximate surface area is 108 Å². The van der Waals surface area contributed by atoms with E-state index < -0.39 is 5.97 Å². The summed E-state index contributed by atoms with van der Waals surface area (Å²) in [5.74, 6) is -0.213. The maximum Gasteiger partial charge on any atom is 0.341 e. The third-order valence-electron chi connectivity index (χ3n) is 2.31. The number of aromatic carboxylic acids is 1. The van der Waals surface area contributed by atoms with Crippen molar-refractivity contribution in [2.75, 3.05) is 5.32 Å². The monoisotopic (exact) mass is 264 g/mol. The summed E-state index contributed by atoms with van der Waals surface area (Å²) in [7, 11) is 0. The second-order valence-corrected chi connectivity index (χ2v) is 4.65. The Morgan fingerprint density at radius 3 is 2.89 bits per heavy atom. The number of carboxylic acids is 1. The van der Waals surface area contributed by atoms with Crippen LogP contribution >= 0.6 is 11.3 Å². The van der Waals surface area contributed by atoms with Gasteiger partial charge in [0.1, 0.15) is 22.2 Å². The van der Waals surface area contributed by atoms with Crippen LogP contribution in [0.15, 0.2) is 17.8 Å². The molecule has 2 aromatic rings. The van der Waals surface area contributed by atoms with Crippen molar-refractivity contribution in [1.29, 1.82) is 0 Å². The van der Waals surface area contributed by atoms with Gasteiger partial charge in [0.05, 0.1) is 6.04 Å². The fourth-order valence-electron chi connectivity index (χ4n) is 1.45. The number of hydrogen-bond acceptors (Lipinski definition) is 6. The van der Waals surface area contributed by atoms with Crippen molar-refractivity contribution in [3.05, 3.63) is 34.2 Å². The second-order valence-electron chi connectivity index (χ2n) is 3.72. The minimum absolute atomic E-state index is 0.0593. The average molecular weight is 264 g/mol. The highest BCUT2D eigenvalue weighted by Gasteiger charge is 2.16. The lowest BCUT2D eigenvalue weighted by Gasteiger charge is -2.13. The molecule has 7 heteroatoms. The summed E-state index contributed by atoms with van der Waals surface area (Å²) in [6.07, 6.45) is 3.02. The first-order valence-electron chi connectivity index (χ1n) is 5.31. The molecule has 94 valence electrons.